The van der Waals surface area contributed by atoms with Gasteiger partial charge in [-0.2, -0.15) is 5.26 Å². The quantitative estimate of drug-likeness (QED) is 0.881. The molecule has 0 spiro atoms. The molecule has 0 saturated carbocycles. The predicted molar refractivity (Wildman–Crippen MR) is 86.5 cm³/mol. The number of nitriles is 1. The molecule has 2 N–H and O–H groups in total. The molecular weight excluding hydrogens is 276 g/mol. The molecule has 2 rings (SSSR count). The average Bonchev–Trinajstić information content (AvgIpc) is 2.52. The predicted octanol–water partition coefficient (Wildman–Crippen LogP) is 3.75. The van der Waals surface area contributed by atoms with Crippen molar-refractivity contribution >= 4 is 11.7 Å². The summed E-state index contributed by atoms with van der Waals surface area (Å²) < 4.78 is 0. The topological polar surface area (TPSA) is 73.1 Å². The van der Waals surface area contributed by atoms with Crippen molar-refractivity contribution in [3.63, 3.8) is 0 Å². The summed E-state index contributed by atoms with van der Waals surface area (Å²) in [7, 11) is 0. The van der Waals surface area contributed by atoms with Crippen molar-refractivity contribution < 1.29 is 9.90 Å². The summed E-state index contributed by atoms with van der Waals surface area (Å²) in [5.74, 6) is -0.884. The summed E-state index contributed by atoms with van der Waals surface area (Å²) in [6.07, 6.45) is 0. The van der Waals surface area contributed by atoms with E-state index in [0.717, 1.165) is 16.8 Å². The number of hydrogen-bond acceptors (Lipinski definition) is 3. The molecule has 0 heterocycles. The first-order valence-corrected chi connectivity index (χ1v) is 7.12. The third kappa shape index (κ3) is 3.44. The molecular formula is C18H18N2O2. The summed E-state index contributed by atoms with van der Waals surface area (Å²) in [6.45, 7) is 3.73. The maximum atomic E-state index is 11.2. The first kappa shape index (κ1) is 15.6. The Hall–Kier alpha value is -2.80. The number of nitrogens with zero attached hydrogens (tertiary/aromatic N) is 1. The van der Waals surface area contributed by atoms with Gasteiger partial charge in [-0.15, -0.1) is 0 Å². The summed E-state index contributed by atoms with van der Waals surface area (Å²) in [6, 6.07) is 16.4. The van der Waals surface area contributed by atoms with Crippen LogP contribution >= 0.6 is 0 Å². The number of benzene rings is 2. The highest BCUT2D eigenvalue weighted by Crippen LogP contribution is 2.25. The fraction of sp³-hybridized carbons (Fsp3) is 0.222. The first-order chi connectivity index (χ1) is 10.5. The van der Waals surface area contributed by atoms with Crippen LogP contribution in [-0.4, -0.2) is 17.1 Å². The van der Waals surface area contributed by atoms with E-state index in [1.165, 1.54) is 0 Å². The number of aliphatic carboxylic acids is 1. The highest BCUT2D eigenvalue weighted by atomic mass is 16.4. The number of carboxylic acids is 1. The van der Waals surface area contributed by atoms with Gasteiger partial charge in [0.2, 0.25) is 0 Å². The summed E-state index contributed by atoms with van der Waals surface area (Å²) >= 11 is 0. The normalized spacial score (nSPS) is 11.7. The Kier molecular flexibility index (Phi) is 4.80. The minimum atomic E-state index is -0.867. The SMILES string of the molecule is CC(C)[C@H](Nc1ccc(-c2ccccc2C#N)cc1)C(=O)O. The lowest BCUT2D eigenvalue weighted by atomic mass is 10.00. The first-order valence-electron chi connectivity index (χ1n) is 7.12. The molecule has 0 aromatic heterocycles. The van der Waals surface area contributed by atoms with E-state index >= 15 is 0 Å². The van der Waals surface area contributed by atoms with Gasteiger partial charge in [-0.25, -0.2) is 4.79 Å². The van der Waals surface area contributed by atoms with Crippen LogP contribution in [-0.2, 0) is 4.79 Å². The highest BCUT2D eigenvalue weighted by Gasteiger charge is 2.20. The second-order valence-electron chi connectivity index (χ2n) is 5.44. The van der Waals surface area contributed by atoms with E-state index in [-0.39, 0.29) is 5.92 Å². The van der Waals surface area contributed by atoms with Crippen LogP contribution < -0.4 is 5.32 Å². The van der Waals surface area contributed by atoms with Gasteiger partial charge in [0.15, 0.2) is 0 Å². The number of carbonyl (C=O) groups is 1. The number of rotatable bonds is 5. The number of hydrogen-bond donors (Lipinski definition) is 2. The largest absolute Gasteiger partial charge is 0.480 e. The number of anilines is 1. The zero-order valence-corrected chi connectivity index (χ0v) is 12.6. The fourth-order valence-electron chi connectivity index (χ4n) is 2.27. The Morgan fingerprint density at radius 1 is 1.14 bits per heavy atom. The van der Waals surface area contributed by atoms with E-state index in [1.54, 1.807) is 6.07 Å². The van der Waals surface area contributed by atoms with Crippen molar-refractivity contribution in [2.24, 2.45) is 5.92 Å². The lowest BCUT2D eigenvalue weighted by Gasteiger charge is -2.19. The van der Waals surface area contributed by atoms with Gasteiger partial charge in [0.05, 0.1) is 11.6 Å². The van der Waals surface area contributed by atoms with E-state index < -0.39 is 12.0 Å². The maximum Gasteiger partial charge on any atom is 0.326 e. The molecule has 0 amide bonds. The molecule has 22 heavy (non-hydrogen) atoms. The molecule has 1 atom stereocenters. The molecule has 0 bridgehead atoms. The van der Waals surface area contributed by atoms with Gasteiger partial charge in [0, 0.05) is 5.69 Å². The second-order valence-corrected chi connectivity index (χ2v) is 5.44. The fourth-order valence-corrected chi connectivity index (χ4v) is 2.27. The number of carboxylic acid groups (broad SMARTS) is 1. The van der Waals surface area contributed by atoms with E-state index in [4.69, 9.17) is 5.26 Å². The summed E-state index contributed by atoms with van der Waals surface area (Å²) in [5.41, 5.74) is 3.17. The minimum Gasteiger partial charge on any atom is -0.480 e. The maximum absolute atomic E-state index is 11.2. The second kappa shape index (κ2) is 6.77. The third-order valence-corrected chi connectivity index (χ3v) is 3.50. The van der Waals surface area contributed by atoms with Gasteiger partial charge in [-0.05, 0) is 35.2 Å². The third-order valence-electron chi connectivity index (χ3n) is 3.50. The smallest absolute Gasteiger partial charge is 0.326 e. The molecule has 0 aliphatic carbocycles. The van der Waals surface area contributed by atoms with Crippen LogP contribution in [0.4, 0.5) is 5.69 Å². The van der Waals surface area contributed by atoms with Gasteiger partial charge >= 0.3 is 5.97 Å². The van der Waals surface area contributed by atoms with Crippen LogP contribution in [0.2, 0.25) is 0 Å². The summed E-state index contributed by atoms with van der Waals surface area (Å²) in [5, 5.41) is 21.4. The van der Waals surface area contributed by atoms with Gasteiger partial charge in [-0.3, -0.25) is 0 Å². The van der Waals surface area contributed by atoms with Crippen LogP contribution in [0.25, 0.3) is 11.1 Å². The van der Waals surface area contributed by atoms with Gasteiger partial charge < -0.3 is 10.4 Å². The molecule has 4 nitrogen and oxygen atoms in total. The zero-order valence-electron chi connectivity index (χ0n) is 12.6. The van der Waals surface area contributed by atoms with Gasteiger partial charge in [0.25, 0.3) is 0 Å². The molecule has 0 aliphatic rings. The highest BCUT2D eigenvalue weighted by molar-refractivity contribution is 5.78. The van der Waals surface area contributed by atoms with E-state index in [9.17, 15) is 9.90 Å². The Labute approximate surface area is 130 Å². The Morgan fingerprint density at radius 3 is 2.32 bits per heavy atom. The van der Waals surface area contributed by atoms with Crippen molar-refractivity contribution in [3.8, 4) is 17.2 Å². The molecule has 2 aromatic rings. The van der Waals surface area contributed by atoms with Crippen molar-refractivity contribution in [1.82, 2.24) is 0 Å². The Bertz CT molecular complexity index is 700. The van der Waals surface area contributed by atoms with Crippen LogP contribution in [0.3, 0.4) is 0 Å². The molecule has 112 valence electrons. The Balaban J connectivity index is 2.24. The zero-order chi connectivity index (χ0) is 16.1. The van der Waals surface area contributed by atoms with Crippen LogP contribution in [0.15, 0.2) is 48.5 Å². The molecule has 0 fully saturated rings. The molecule has 0 saturated heterocycles. The van der Waals surface area contributed by atoms with Crippen LogP contribution in [0.5, 0.6) is 0 Å². The number of nitrogens with one attached hydrogen (secondary N) is 1. The lowest BCUT2D eigenvalue weighted by Crippen LogP contribution is -2.34. The monoisotopic (exact) mass is 294 g/mol. The minimum absolute atomic E-state index is 0.0171. The standard InChI is InChI=1S/C18H18N2O2/c1-12(2)17(18(21)22)20-15-9-7-13(8-10-15)16-6-4-3-5-14(16)11-19/h3-10,12,17,20H,1-2H3,(H,21,22)/t17-/m0/s1. The van der Waals surface area contributed by atoms with Crippen molar-refractivity contribution in [2.75, 3.05) is 5.32 Å². The molecule has 0 aliphatic heterocycles. The van der Waals surface area contributed by atoms with Gasteiger partial charge in [0.1, 0.15) is 6.04 Å². The van der Waals surface area contributed by atoms with E-state index in [1.807, 2.05) is 56.3 Å². The van der Waals surface area contributed by atoms with Crippen LogP contribution in [0, 0.1) is 17.2 Å². The van der Waals surface area contributed by atoms with Crippen molar-refractivity contribution in [1.29, 1.82) is 5.26 Å². The van der Waals surface area contributed by atoms with E-state index in [2.05, 4.69) is 11.4 Å². The van der Waals surface area contributed by atoms with Gasteiger partial charge in [-0.1, -0.05) is 44.2 Å². The molecule has 4 heteroatoms. The molecule has 0 radical (unpaired) electrons. The van der Waals surface area contributed by atoms with E-state index in [0.29, 0.717) is 5.56 Å². The molecule has 0 unspecified atom stereocenters. The summed E-state index contributed by atoms with van der Waals surface area (Å²) in [4.78, 5) is 11.2. The Morgan fingerprint density at radius 2 is 1.77 bits per heavy atom. The van der Waals surface area contributed by atoms with Crippen molar-refractivity contribution in [3.05, 3.63) is 54.1 Å². The van der Waals surface area contributed by atoms with Crippen LogP contribution in [0.1, 0.15) is 19.4 Å². The van der Waals surface area contributed by atoms with Crippen molar-refractivity contribution in [2.45, 2.75) is 19.9 Å². The lowest BCUT2D eigenvalue weighted by molar-refractivity contribution is -0.138. The average molecular weight is 294 g/mol. The molecule has 2 aromatic carbocycles.